The molecular weight excluding hydrogens is 295 g/mol. The van der Waals surface area contributed by atoms with Crippen LogP contribution in [0.4, 0.5) is 0 Å². The first-order valence-electron chi connectivity index (χ1n) is 7.90. The molecule has 3 rings (SSSR count). The summed E-state index contributed by atoms with van der Waals surface area (Å²) >= 11 is 0. The largest absolute Gasteiger partial charge is 0.324 e. The Hall–Kier alpha value is -1.22. The molecule has 5 nitrogen and oxygen atoms in total. The Morgan fingerprint density at radius 1 is 1.32 bits per heavy atom. The summed E-state index contributed by atoms with van der Waals surface area (Å²) in [5.41, 5.74) is 3.03. The van der Waals surface area contributed by atoms with Gasteiger partial charge in [0, 0.05) is 12.7 Å². The highest BCUT2D eigenvalue weighted by Crippen LogP contribution is 2.57. The predicted octanol–water partition coefficient (Wildman–Crippen LogP) is 3.48. The van der Waals surface area contributed by atoms with Crippen molar-refractivity contribution >= 4 is 18.3 Å². The highest BCUT2D eigenvalue weighted by atomic mass is 31.2. The molecule has 0 aromatic carbocycles. The Bertz CT molecular complexity index is 757. The van der Waals surface area contributed by atoms with Gasteiger partial charge in [0.25, 0.3) is 0 Å². The lowest BCUT2D eigenvalue weighted by molar-refractivity contribution is 0.313. The van der Waals surface area contributed by atoms with E-state index in [1.165, 1.54) is 12.8 Å². The Morgan fingerprint density at radius 3 is 2.59 bits per heavy atom. The molecule has 0 bridgehead atoms. The van der Waals surface area contributed by atoms with Crippen LogP contribution < -0.4 is 0 Å². The fourth-order valence-corrected chi connectivity index (χ4v) is 5.20. The lowest BCUT2D eigenvalue weighted by Gasteiger charge is -2.25. The number of hydrogen-bond acceptors (Lipinski definition) is 4. The van der Waals surface area contributed by atoms with Crippen LogP contribution in [-0.2, 0) is 11.1 Å². The number of fused-ring (bicyclic) bond motifs is 1. The maximum Gasteiger partial charge on any atom is 0.163 e. The van der Waals surface area contributed by atoms with Crippen molar-refractivity contribution in [2.75, 3.05) is 19.5 Å². The third-order valence-corrected chi connectivity index (χ3v) is 6.31. The maximum atomic E-state index is 12.2. The second-order valence-corrected chi connectivity index (χ2v) is 10.9. The van der Waals surface area contributed by atoms with Crippen molar-refractivity contribution < 1.29 is 4.57 Å². The molecule has 0 saturated heterocycles. The molecule has 0 N–H and O–H groups in total. The molecule has 0 spiro atoms. The van der Waals surface area contributed by atoms with Gasteiger partial charge in [-0.05, 0) is 51.4 Å². The zero-order valence-corrected chi connectivity index (χ0v) is 15.0. The Labute approximate surface area is 131 Å². The van der Waals surface area contributed by atoms with Gasteiger partial charge in [0.05, 0.1) is 19.2 Å². The summed E-state index contributed by atoms with van der Waals surface area (Å²) < 4.78 is 14.3. The summed E-state index contributed by atoms with van der Waals surface area (Å²) in [4.78, 5) is 13.5. The zero-order chi connectivity index (χ0) is 16.1. The van der Waals surface area contributed by atoms with Gasteiger partial charge < -0.3 is 9.13 Å². The van der Waals surface area contributed by atoms with Crippen molar-refractivity contribution in [2.24, 2.45) is 11.3 Å². The first-order chi connectivity index (χ1) is 10.2. The van der Waals surface area contributed by atoms with E-state index in [9.17, 15) is 4.57 Å². The van der Waals surface area contributed by atoms with E-state index in [0.29, 0.717) is 5.92 Å². The summed E-state index contributed by atoms with van der Waals surface area (Å²) in [7, 11) is -1.98. The van der Waals surface area contributed by atoms with Gasteiger partial charge in [-0.15, -0.1) is 0 Å². The standard InChI is InChI=1S/C16H25N4OP/c1-11(8-22(4,5)21)16(6-7-16)9-20-10-17-14-12(2)18-13(3)19-15(14)20/h10-11H,6-9H2,1-5H3. The molecule has 1 unspecified atom stereocenters. The molecule has 6 heteroatoms. The molecule has 1 aliphatic rings. The van der Waals surface area contributed by atoms with Crippen LogP contribution in [0.15, 0.2) is 6.33 Å². The minimum Gasteiger partial charge on any atom is -0.324 e. The van der Waals surface area contributed by atoms with E-state index < -0.39 is 7.14 Å². The van der Waals surface area contributed by atoms with Crippen LogP contribution in [0.3, 0.4) is 0 Å². The summed E-state index contributed by atoms with van der Waals surface area (Å²) in [6.07, 6.45) is 5.12. The number of imidazole rings is 1. The van der Waals surface area contributed by atoms with E-state index in [4.69, 9.17) is 0 Å². The van der Waals surface area contributed by atoms with Crippen LogP contribution in [0.1, 0.15) is 31.3 Å². The lowest BCUT2D eigenvalue weighted by Crippen LogP contribution is -2.22. The van der Waals surface area contributed by atoms with Crippen molar-refractivity contribution in [3.05, 3.63) is 17.8 Å². The normalized spacial score (nSPS) is 18.6. The molecule has 1 atom stereocenters. The molecule has 22 heavy (non-hydrogen) atoms. The molecule has 0 radical (unpaired) electrons. The fraction of sp³-hybridized carbons (Fsp3) is 0.688. The smallest absolute Gasteiger partial charge is 0.163 e. The average Bonchev–Trinajstić information content (AvgIpc) is 3.04. The van der Waals surface area contributed by atoms with Gasteiger partial charge in [-0.25, -0.2) is 15.0 Å². The first kappa shape index (κ1) is 15.7. The summed E-state index contributed by atoms with van der Waals surface area (Å²) in [5, 5.41) is 0. The van der Waals surface area contributed by atoms with Crippen LogP contribution in [0.5, 0.6) is 0 Å². The van der Waals surface area contributed by atoms with Crippen LogP contribution in [0.2, 0.25) is 0 Å². The molecule has 120 valence electrons. The van der Waals surface area contributed by atoms with E-state index in [0.717, 1.165) is 35.4 Å². The molecule has 2 aromatic heterocycles. The van der Waals surface area contributed by atoms with E-state index in [1.807, 2.05) is 33.5 Å². The third-order valence-electron chi connectivity index (χ3n) is 4.89. The lowest BCUT2D eigenvalue weighted by atomic mass is 9.92. The van der Waals surface area contributed by atoms with Crippen LogP contribution in [0.25, 0.3) is 11.2 Å². The number of hydrogen-bond donors (Lipinski definition) is 0. The second kappa shape index (κ2) is 5.16. The highest BCUT2D eigenvalue weighted by Gasteiger charge is 2.48. The Balaban J connectivity index is 1.89. The minimum atomic E-state index is -1.98. The first-order valence-corrected chi connectivity index (χ1v) is 10.7. The van der Waals surface area contributed by atoms with Gasteiger partial charge in [-0.3, -0.25) is 0 Å². The van der Waals surface area contributed by atoms with Gasteiger partial charge in [0.15, 0.2) is 5.65 Å². The molecule has 0 amide bonds. The van der Waals surface area contributed by atoms with E-state index in [2.05, 4.69) is 26.4 Å². The van der Waals surface area contributed by atoms with Crippen LogP contribution in [-0.4, -0.2) is 39.0 Å². The van der Waals surface area contributed by atoms with Gasteiger partial charge in [0.2, 0.25) is 0 Å². The number of aromatic nitrogens is 4. The van der Waals surface area contributed by atoms with Crippen molar-refractivity contribution in [1.29, 1.82) is 0 Å². The van der Waals surface area contributed by atoms with Crippen molar-refractivity contribution in [3.63, 3.8) is 0 Å². The molecule has 1 aliphatic carbocycles. The van der Waals surface area contributed by atoms with Crippen LogP contribution in [0, 0.1) is 25.2 Å². The summed E-state index contributed by atoms with van der Waals surface area (Å²) in [6, 6.07) is 0. The number of nitrogens with zero attached hydrogens (tertiary/aromatic N) is 4. The minimum absolute atomic E-state index is 0.266. The maximum absolute atomic E-state index is 12.2. The molecule has 2 heterocycles. The summed E-state index contributed by atoms with van der Waals surface area (Å²) in [6.45, 7) is 10.9. The van der Waals surface area contributed by atoms with Crippen molar-refractivity contribution in [2.45, 2.75) is 40.2 Å². The summed E-state index contributed by atoms with van der Waals surface area (Å²) in [5.74, 6) is 1.26. The van der Waals surface area contributed by atoms with E-state index in [1.54, 1.807) is 0 Å². The van der Waals surface area contributed by atoms with Gasteiger partial charge in [0.1, 0.15) is 11.3 Å². The second-order valence-electron chi connectivity index (χ2n) is 7.42. The molecule has 1 fully saturated rings. The van der Waals surface area contributed by atoms with Gasteiger partial charge in [-0.2, -0.15) is 0 Å². The molecule has 0 aliphatic heterocycles. The van der Waals surface area contributed by atoms with Crippen molar-refractivity contribution in [3.8, 4) is 0 Å². The SMILES string of the molecule is Cc1nc(C)c2ncn(CC3(C(C)CP(C)(C)=O)CC3)c2n1. The topological polar surface area (TPSA) is 60.7 Å². The predicted molar refractivity (Wildman–Crippen MR) is 89.9 cm³/mol. The molecule has 1 saturated carbocycles. The quantitative estimate of drug-likeness (QED) is 0.791. The number of rotatable bonds is 5. The zero-order valence-electron chi connectivity index (χ0n) is 14.1. The molecule has 2 aromatic rings. The van der Waals surface area contributed by atoms with E-state index in [-0.39, 0.29) is 5.41 Å². The Kier molecular flexibility index (Phi) is 3.67. The van der Waals surface area contributed by atoms with Gasteiger partial charge in [-0.1, -0.05) is 6.92 Å². The fourth-order valence-electron chi connectivity index (χ4n) is 3.50. The van der Waals surface area contributed by atoms with Crippen LogP contribution >= 0.6 is 7.14 Å². The molecular formula is C16H25N4OP. The number of aryl methyl sites for hydroxylation is 2. The third kappa shape index (κ3) is 2.96. The van der Waals surface area contributed by atoms with Gasteiger partial charge >= 0.3 is 0 Å². The highest BCUT2D eigenvalue weighted by molar-refractivity contribution is 7.62. The Morgan fingerprint density at radius 2 is 2.00 bits per heavy atom. The monoisotopic (exact) mass is 320 g/mol. The van der Waals surface area contributed by atoms with E-state index >= 15 is 0 Å². The average molecular weight is 320 g/mol. The van der Waals surface area contributed by atoms with Crippen molar-refractivity contribution in [1.82, 2.24) is 19.5 Å².